The van der Waals surface area contributed by atoms with Crippen LogP contribution >= 0.6 is 0 Å². The van der Waals surface area contributed by atoms with Crippen LogP contribution < -0.4 is 0 Å². The maximum absolute atomic E-state index is 11.5. The fraction of sp³-hybridized carbons (Fsp3) is 0.375. The highest BCUT2D eigenvalue weighted by molar-refractivity contribution is 5.98. The van der Waals surface area contributed by atoms with Crippen LogP contribution in [0.1, 0.15) is 25.0 Å². The molecule has 2 atom stereocenters. The lowest BCUT2D eigenvalue weighted by Gasteiger charge is -2.15. The van der Waals surface area contributed by atoms with Gasteiger partial charge in [-0.25, -0.2) is 0 Å². The molecule has 2 aliphatic carbocycles. The molecule has 1 saturated carbocycles. The summed E-state index contributed by atoms with van der Waals surface area (Å²) in [5.74, 6) is -0.375. The second-order valence-corrected chi connectivity index (χ2v) is 5.66. The second-order valence-electron chi connectivity index (χ2n) is 5.66. The van der Waals surface area contributed by atoms with Crippen molar-refractivity contribution in [3.8, 4) is 0 Å². The minimum absolute atomic E-state index is 0.375. The molecule has 0 saturated heterocycles. The zero-order valence-electron chi connectivity index (χ0n) is 10.5. The van der Waals surface area contributed by atoms with Crippen molar-refractivity contribution in [1.29, 1.82) is 0 Å². The molecule has 2 heteroatoms. The number of allylic oxidation sites excluding steroid dienone is 2. The highest BCUT2D eigenvalue weighted by atomic mass is 16.1. The summed E-state index contributed by atoms with van der Waals surface area (Å²) < 4.78 is 0. The van der Waals surface area contributed by atoms with Crippen LogP contribution in [0.3, 0.4) is 0 Å². The molecule has 2 radical (unpaired) electrons. The van der Waals surface area contributed by atoms with E-state index in [1.54, 1.807) is 0 Å². The number of rotatable bonds is 3. The first kappa shape index (κ1) is 11.4. The average Bonchev–Trinajstić information content (AvgIpc) is 2.70. The van der Waals surface area contributed by atoms with E-state index in [4.69, 9.17) is 0 Å². The Hall–Kier alpha value is -1.70. The van der Waals surface area contributed by atoms with Crippen LogP contribution in [0.4, 0.5) is 0 Å². The van der Waals surface area contributed by atoms with E-state index >= 15 is 0 Å². The third-order valence-corrected chi connectivity index (χ3v) is 4.63. The van der Waals surface area contributed by atoms with Crippen molar-refractivity contribution in [3.63, 3.8) is 0 Å². The molecule has 0 bridgehead atoms. The molecule has 18 heavy (non-hydrogen) atoms. The van der Waals surface area contributed by atoms with E-state index < -0.39 is 5.41 Å². The van der Waals surface area contributed by atoms with Gasteiger partial charge in [0.05, 0.1) is 5.41 Å². The van der Waals surface area contributed by atoms with Crippen molar-refractivity contribution in [2.24, 2.45) is 16.7 Å². The molecule has 0 heterocycles. The van der Waals surface area contributed by atoms with E-state index in [1.807, 2.05) is 38.3 Å². The quantitative estimate of drug-likeness (QED) is 0.810. The van der Waals surface area contributed by atoms with Crippen LogP contribution in [0.15, 0.2) is 30.3 Å². The second kappa shape index (κ2) is 3.41. The average molecular weight is 238 g/mol. The van der Waals surface area contributed by atoms with Crippen molar-refractivity contribution in [2.45, 2.75) is 20.3 Å². The predicted molar refractivity (Wildman–Crippen MR) is 69.2 cm³/mol. The van der Waals surface area contributed by atoms with Gasteiger partial charge in [-0.05, 0) is 28.5 Å². The third-order valence-electron chi connectivity index (χ3n) is 4.63. The van der Waals surface area contributed by atoms with Gasteiger partial charge in [-0.15, -0.1) is 0 Å². The molecule has 0 spiro atoms. The summed E-state index contributed by atoms with van der Waals surface area (Å²) in [4.78, 5) is 22.6. The van der Waals surface area contributed by atoms with Crippen molar-refractivity contribution >= 4 is 18.1 Å². The number of benzene rings is 1. The zero-order chi connectivity index (χ0) is 13.0. The molecule has 0 aromatic heterocycles. The summed E-state index contributed by atoms with van der Waals surface area (Å²) in [6.07, 6.45) is 7.07. The van der Waals surface area contributed by atoms with E-state index in [1.165, 1.54) is 5.56 Å². The van der Waals surface area contributed by atoms with E-state index in [2.05, 4.69) is 18.4 Å². The molecular formula is C16H14O2. The van der Waals surface area contributed by atoms with Crippen LogP contribution in [-0.4, -0.2) is 12.6 Å². The van der Waals surface area contributed by atoms with Crippen molar-refractivity contribution in [3.05, 3.63) is 41.5 Å². The zero-order valence-corrected chi connectivity index (χ0v) is 10.5. The molecule has 1 fully saturated rings. The Kier molecular flexibility index (Phi) is 2.16. The van der Waals surface area contributed by atoms with Gasteiger partial charge >= 0.3 is 0 Å². The Morgan fingerprint density at radius 1 is 1.22 bits per heavy atom. The lowest BCUT2D eigenvalue weighted by molar-refractivity contribution is 0.500. The maximum atomic E-state index is 11.5. The van der Waals surface area contributed by atoms with Gasteiger partial charge in [-0.3, -0.25) is 9.59 Å². The number of hydrogen-bond acceptors (Lipinski definition) is 2. The molecule has 1 aromatic carbocycles. The largest absolute Gasteiger partial charge is 0.290 e. The first-order valence-electron chi connectivity index (χ1n) is 6.15. The molecule has 1 aromatic rings. The van der Waals surface area contributed by atoms with Gasteiger partial charge in [0, 0.05) is 5.92 Å². The molecular weight excluding hydrogens is 224 g/mol. The van der Waals surface area contributed by atoms with Crippen molar-refractivity contribution in [1.82, 2.24) is 0 Å². The summed E-state index contributed by atoms with van der Waals surface area (Å²) in [6, 6.07) is 8.04. The van der Waals surface area contributed by atoms with Crippen LogP contribution in [0.25, 0.3) is 5.57 Å². The topological polar surface area (TPSA) is 34.1 Å². The molecule has 3 rings (SSSR count). The summed E-state index contributed by atoms with van der Waals surface area (Å²) in [6.45, 7) is 3.88. The Bertz CT molecular complexity index is 568. The summed E-state index contributed by atoms with van der Waals surface area (Å²) in [5, 5.41) is 0. The predicted octanol–water partition coefficient (Wildman–Crippen LogP) is 2.49. The third kappa shape index (κ3) is 1.08. The van der Waals surface area contributed by atoms with Gasteiger partial charge < -0.3 is 0 Å². The number of carbonyl (C=O) groups excluding carboxylic acids is 2. The van der Waals surface area contributed by atoms with Gasteiger partial charge in [0.15, 0.2) is 0 Å². The highest BCUT2D eigenvalue weighted by Gasteiger charge is 2.74. The SMILES string of the molecule is CC1(C)C([C]=O)C1([C]=O)C1=CCc2ccccc21. The van der Waals surface area contributed by atoms with Gasteiger partial charge in [0.1, 0.15) is 0 Å². The standard InChI is InChI=1S/C16H14O2/c1-15(2)14(9-17)16(15,10-18)13-8-7-11-5-3-4-6-12(11)13/h3-6,8,14H,7H2,1-2H3. The van der Waals surface area contributed by atoms with Crippen LogP contribution in [-0.2, 0) is 16.0 Å². The van der Waals surface area contributed by atoms with Crippen LogP contribution in [0, 0.1) is 16.7 Å². The Morgan fingerprint density at radius 2 is 1.94 bits per heavy atom. The molecule has 90 valence electrons. The van der Waals surface area contributed by atoms with E-state index in [-0.39, 0.29) is 11.3 Å². The maximum Gasteiger partial charge on any atom is 0.211 e. The number of fused-ring (bicyclic) bond motifs is 1. The van der Waals surface area contributed by atoms with Crippen molar-refractivity contribution in [2.75, 3.05) is 0 Å². The molecule has 0 aliphatic heterocycles. The fourth-order valence-corrected chi connectivity index (χ4v) is 3.40. The van der Waals surface area contributed by atoms with Gasteiger partial charge in [-0.1, -0.05) is 44.2 Å². The Labute approximate surface area is 107 Å². The molecule has 0 amide bonds. The normalized spacial score (nSPS) is 31.4. The summed E-state index contributed by atoms with van der Waals surface area (Å²) in [7, 11) is 0. The number of hydrogen-bond donors (Lipinski definition) is 0. The molecule has 2 aliphatic rings. The first-order valence-corrected chi connectivity index (χ1v) is 6.15. The van der Waals surface area contributed by atoms with Crippen molar-refractivity contribution < 1.29 is 9.59 Å². The lowest BCUT2D eigenvalue weighted by Crippen LogP contribution is -2.13. The minimum Gasteiger partial charge on any atom is -0.290 e. The van der Waals surface area contributed by atoms with Crippen LogP contribution in [0.2, 0.25) is 0 Å². The monoisotopic (exact) mass is 238 g/mol. The van der Waals surface area contributed by atoms with E-state index in [0.717, 1.165) is 17.6 Å². The van der Waals surface area contributed by atoms with Gasteiger partial charge in [-0.2, -0.15) is 0 Å². The Balaban J connectivity index is 2.13. The molecule has 2 nitrogen and oxygen atoms in total. The van der Waals surface area contributed by atoms with E-state index in [0.29, 0.717) is 0 Å². The molecule has 0 N–H and O–H groups in total. The smallest absolute Gasteiger partial charge is 0.211 e. The summed E-state index contributed by atoms with van der Waals surface area (Å²) in [5.41, 5.74) is 2.11. The van der Waals surface area contributed by atoms with E-state index in [9.17, 15) is 9.59 Å². The van der Waals surface area contributed by atoms with Gasteiger partial charge in [0.25, 0.3) is 0 Å². The Morgan fingerprint density at radius 3 is 2.56 bits per heavy atom. The van der Waals surface area contributed by atoms with Gasteiger partial charge in [0.2, 0.25) is 12.6 Å². The highest BCUT2D eigenvalue weighted by Crippen LogP contribution is 2.73. The molecule has 2 unspecified atom stereocenters. The van der Waals surface area contributed by atoms with Crippen LogP contribution in [0.5, 0.6) is 0 Å². The fourth-order valence-electron chi connectivity index (χ4n) is 3.40. The minimum atomic E-state index is -0.790. The summed E-state index contributed by atoms with van der Waals surface area (Å²) >= 11 is 0. The first-order chi connectivity index (χ1) is 8.59. The lowest BCUT2D eigenvalue weighted by atomic mass is 9.85.